The van der Waals surface area contributed by atoms with Crippen molar-refractivity contribution in [2.24, 2.45) is 0 Å². The van der Waals surface area contributed by atoms with E-state index >= 15 is 0 Å². The number of aliphatic hydroxyl groups excluding tert-OH is 1. The van der Waals surface area contributed by atoms with Gasteiger partial charge in [-0.3, -0.25) is 0 Å². The van der Waals surface area contributed by atoms with E-state index < -0.39 is 21.0 Å². The summed E-state index contributed by atoms with van der Waals surface area (Å²) in [6, 6.07) is 0. The van der Waals surface area contributed by atoms with Crippen molar-refractivity contribution in [3.63, 3.8) is 0 Å². The van der Waals surface area contributed by atoms with Gasteiger partial charge in [0.25, 0.3) is 0 Å². The van der Waals surface area contributed by atoms with Crippen LogP contribution in [0.3, 0.4) is 0 Å². The molecule has 0 saturated heterocycles. The van der Waals surface area contributed by atoms with Gasteiger partial charge >= 0.3 is 0 Å². The molecule has 0 amide bonds. The minimum absolute atomic E-state index is 0. The van der Waals surface area contributed by atoms with Gasteiger partial charge in [-0.05, 0) is 6.66 Å². The molecule has 74 valence electrons. The summed E-state index contributed by atoms with van der Waals surface area (Å²) >= 11 is 0. The zero-order valence-corrected chi connectivity index (χ0v) is 9.22. The highest BCUT2D eigenvalue weighted by molar-refractivity contribution is 7.56. The molecule has 0 spiro atoms. The van der Waals surface area contributed by atoms with Crippen LogP contribution in [0.1, 0.15) is 6.42 Å². The van der Waals surface area contributed by atoms with Crippen molar-refractivity contribution in [2.75, 3.05) is 13.3 Å². The minimum atomic E-state index is -3.67. The van der Waals surface area contributed by atoms with Crippen molar-refractivity contribution in [3.05, 3.63) is 0 Å². The molecule has 0 rings (SSSR count). The minimum Gasteiger partial charge on any atom is -0.798 e. The van der Waals surface area contributed by atoms with Gasteiger partial charge in [0, 0.05) is 21.6 Å². The van der Waals surface area contributed by atoms with E-state index in [-0.39, 0.29) is 12.6 Å². The first-order valence-electron chi connectivity index (χ1n) is 3.03. The van der Waals surface area contributed by atoms with Crippen molar-refractivity contribution < 1.29 is 19.5 Å². The second kappa shape index (κ2) is 5.81. The first-order chi connectivity index (χ1) is 4.84. The number of hydrogen-bond acceptors (Lipinski definition) is 4. The standard InChI is InChI=1S/C5H12O4P2.H3N/c1-10(7)4-3-5(6)11(2,8)9;/h4-6H,3H2,1-2H3,(H,8,9);1H3. The Balaban J connectivity index is 0. The van der Waals surface area contributed by atoms with Gasteiger partial charge in [0.2, 0.25) is 0 Å². The summed E-state index contributed by atoms with van der Waals surface area (Å²) in [7, 11) is -5.14. The maximum absolute atomic E-state index is 10.6. The molecule has 0 aromatic heterocycles. The van der Waals surface area contributed by atoms with Gasteiger partial charge in [-0.15, -0.1) is 0 Å². The number of aliphatic hydroxyl groups is 1. The average molecular weight is 215 g/mol. The first kappa shape index (κ1) is 14.7. The molecule has 5 nitrogen and oxygen atoms in total. The third-order valence-electron chi connectivity index (χ3n) is 1.11. The molecule has 12 heavy (non-hydrogen) atoms. The Kier molecular flexibility index (Phi) is 7.14. The van der Waals surface area contributed by atoms with Crippen molar-refractivity contribution in [2.45, 2.75) is 12.3 Å². The lowest BCUT2D eigenvalue weighted by atomic mass is 10.5. The third-order valence-corrected chi connectivity index (χ3v) is 3.13. The molecule has 0 heterocycles. The summed E-state index contributed by atoms with van der Waals surface area (Å²) in [6.07, 6.45) is -0.0526. The Morgan fingerprint density at radius 3 is 2.42 bits per heavy atom. The molecule has 0 aliphatic rings. The Bertz CT molecular complexity index is 196. The van der Waals surface area contributed by atoms with Crippen LogP contribution in [0.15, 0.2) is 0 Å². The van der Waals surface area contributed by atoms with Gasteiger partial charge in [0.15, 0.2) is 0 Å². The van der Waals surface area contributed by atoms with E-state index in [1.54, 1.807) is 0 Å². The Morgan fingerprint density at radius 2 is 2.17 bits per heavy atom. The monoisotopic (exact) mass is 215 g/mol. The van der Waals surface area contributed by atoms with E-state index in [2.05, 4.69) is 0 Å². The fourth-order valence-electron chi connectivity index (χ4n) is 0.434. The average Bonchev–Trinajstić information content (AvgIpc) is 1.80. The maximum atomic E-state index is 10.6. The van der Waals surface area contributed by atoms with E-state index in [4.69, 9.17) is 5.11 Å². The molecular weight excluding hydrogens is 200 g/mol. The molecule has 0 fully saturated rings. The lowest BCUT2D eigenvalue weighted by Crippen LogP contribution is -2.16. The van der Waals surface area contributed by atoms with Crippen LogP contribution in [0.5, 0.6) is 0 Å². The Hall–Kier alpha value is 0.240. The highest BCUT2D eigenvalue weighted by Gasteiger charge is 2.12. The second-order valence-electron chi connectivity index (χ2n) is 2.35. The lowest BCUT2D eigenvalue weighted by molar-refractivity contribution is -0.181. The van der Waals surface area contributed by atoms with Crippen LogP contribution in [0.2, 0.25) is 0 Å². The SMILES string of the molecule is C[P+]([O-])=CCC(O)P(C)(=O)[O-].[NH4+]. The molecule has 3 atom stereocenters. The lowest BCUT2D eigenvalue weighted by Gasteiger charge is -2.22. The van der Waals surface area contributed by atoms with E-state index in [1.807, 2.05) is 0 Å². The van der Waals surface area contributed by atoms with E-state index in [9.17, 15) is 14.4 Å². The predicted molar refractivity (Wildman–Crippen MR) is 49.0 cm³/mol. The van der Waals surface area contributed by atoms with Gasteiger partial charge in [0.1, 0.15) is 5.85 Å². The quantitative estimate of drug-likeness (QED) is 0.618. The van der Waals surface area contributed by atoms with Crippen LogP contribution in [0, 0.1) is 0 Å². The summed E-state index contributed by atoms with van der Waals surface area (Å²) in [5.74, 6) is -0.0879. The smallest absolute Gasteiger partial charge is 0.101 e. The number of hydrogen-bond donors (Lipinski definition) is 2. The van der Waals surface area contributed by atoms with E-state index in [0.29, 0.717) is 0 Å². The zero-order valence-electron chi connectivity index (χ0n) is 7.43. The predicted octanol–water partition coefficient (Wildman–Crippen LogP) is -0.472. The summed E-state index contributed by atoms with van der Waals surface area (Å²) in [6.45, 7) is 2.42. The summed E-state index contributed by atoms with van der Waals surface area (Å²) in [4.78, 5) is 21.1. The number of quaternary nitrogens is 1. The van der Waals surface area contributed by atoms with Gasteiger partial charge in [-0.25, -0.2) is 0 Å². The molecule has 0 saturated carbocycles. The van der Waals surface area contributed by atoms with E-state index in [1.165, 1.54) is 12.5 Å². The van der Waals surface area contributed by atoms with Crippen LogP contribution in [0.25, 0.3) is 0 Å². The van der Waals surface area contributed by atoms with Crippen LogP contribution < -0.4 is 15.9 Å². The molecular formula is C5H15NO4P2. The normalized spacial score (nSPS) is 19.2. The van der Waals surface area contributed by atoms with Crippen molar-refractivity contribution in [1.82, 2.24) is 6.15 Å². The summed E-state index contributed by atoms with van der Waals surface area (Å²) in [5, 5.41) is 8.90. The van der Waals surface area contributed by atoms with Crippen LogP contribution in [-0.2, 0) is 4.57 Å². The molecule has 0 aliphatic heterocycles. The molecule has 3 unspecified atom stereocenters. The van der Waals surface area contributed by atoms with Gasteiger partial charge < -0.3 is 25.6 Å². The van der Waals surface area contributed by atoms with Crippen molar-refractivity contribution in [3.8, 4) is 0 Å². The van der Waals surface area contributed by atoms with Gasteiger partial charge in [-0.2, -0.15) is 0 Å². The van der Waals surface area contributed by atoms with Gasteiger partial charge in [0.05, 0.1) is 12.5 Å². The molecule has 7 heteroatoms. The largest absolute Gasteiger partial charge is 0.798 e. The molecule has 0 aliphatic carbocycles. The van der Waals surface area contributed by atoms with E-state index in [0.717, 1.165) is 6.66 Å². The summed E-state index contributed by atoms with van der Waals surface area (Å²) in [5.41, 5.74) is 0. The second-order valence-corrected chi connectivity index (χ2v) is 6.22. The van der Waals surface area contributed by atoms with Gasteiger partial charge in [-0.1, -0.05) is 0 Å². The Labute approximate surface area is 72.9 Å². The molecule has 5 N–H and O–H groups in total. The van der Waals surface area contributed by atoms with Crippen molar-refractivity contribution >= 4 is 20.9 Å². The first-order valence-corrected chi connectivity index (χ1v) is 6.95. The van der Waals surface area contributed by atoms with Crippen LogP contribution >= 0.6 is 15.1 Å². The highest BCUT2D eigenvalue weighted by Crippen LogP contribution is 2.36. The zero-order chi connectivity index (χ0) is 9.07. The third kappa shape index (κ3) is 6.92. The fourth-order valence-corrected chi connectivity index (χ4v) is 1.59. The number of rotatable bonds is 3. The van der Waals surface area contributed by atoms with Crippen LogP contribution in [0.4, 0.5) is 0 Å². The molecule has 0 aromatic rings. The fraction of sp³-hybridized carbons (Fsp3) is 0.800. The molecule has 0 aromatic carbocycles. The molecule has 0 radical (unpaired) electrons. The summed E-state index contributed by atoms with van der Waals surface area (Å²) < 4.78 is 10.6. The maximum Gasteiger partial charge on any atom is 0.101 e. The highest BCUT2D eigenvalue weighted by atomic mass is 31.2. The van der Waals surface area contributed by atoms with Crippen LogP contribution in [-0.4, -0.2) is 30.1 Å². The Morgan fingerprint density at radius 1 is 1.75 bits per heavy atom. The van der Waals surface area contributed by atoms with Crippen molar-refractivity contribution in [1.29, 1.82) is 0 Å². The molecule has 0 bridgehead atoms. The topological polar surface area (TPSA) is 120 Å².